The monoisotopic (exact) mass is 378 g/mol. The van der Waals surface area contributed by atoms with Gasteiger partial charge < -0.3 is 4.90 Å². The van der Waals surface area contributed by atoms with E-state index in [2.05, 4.69) is 26.8 Å². The van der Waals surface area contributed by atoms with Gasteiger partial charge in [0.15, 0.2) is 0 Å². The number of benzene rings is 1. The fourth-order valence-electron chi connectivity index (χ4n) is 4.07. The lowest BCUT2D eigenvalue weighted by Crippen LogP contribution is -2.49. The predicted molar refractivity (Wildman–Crippen MR) is 103 cm³/mol. The maximum atomic E-state index is 13.4. The summed E-state index contributed by atoms with van der Waals surface area (Å²) in [4.78, 5) is 14.1. The number of amides is 1. The Morgan fingerprint density at radius 2 is 1.81 bits per heavy atom. The zero-order valence-corrected chi connectivity index (χ0v) is 17.5. The van der Waals surface area contributed by atoms with Gasteiger partial charge in [0.25, 0.3) is 0 Å². The molecule has 2 fully saturated rings. The first kappa shape index (κ1) is 19.4. The number of rotatable bonds is 2. The van der Waals surface area contributed by atoms with Crippen molar-refractivity contribution in [1.82, 2.24) is 9.21 Å². The molecule has 0 spiro atoms. The van der Waals surface area contributed by atoms with Crippen molar-refractivity contribution >= 4 is 15.9 Å². The molecule has 5 nitrogen and oxygen atoms in total. The van der Waals surface area contributed by atoms with Crippen LogP contribution in [0.1, 0.15) is 50.3 Å². The van der Waals surface area contributed by atoms with Crippen LogP contribution in [0, 0.1) is 19.8 Å². The van der Waals surface area contributed by atoms with E-state index < -0.39 is 10.0 Å². The SMILES string of the molecule is Cc1cc(C(C)(C)C)cc(S(=O)(=O)N2CC[C@@H]3CC(=O)N(C)[C@@H]3C2)c1C. The second-order valence-corrected chi connectivity index (χ2v) is 10.8. The van der Waals surface area contributed by atoms with Gasteiger partial charge in [-0.1, -0.05) is 26.8 Å². The third-order valence-corrected chi connectivity index (χ3v) is 8.11. The Balaban J connectivity index is 1.99. The molecule has 0 unspecified atom stereocenters. The summed E-state index contributed by atoms with van der Waals surface area (Å²) in [7, 11) is -1.79. The van der Waals surface area contributed by atoms with E-state index in [-0.39, 0.29) is 23.3 Å². The van der Waals surface area contributed by atoms with E-state index in [9.17, 15) is 13.2 Å². The molecule has 1 amide bonds. The molecule has 2 heterocycles. The summed E-state index contributed by atoms with van der Waals surface area (Å²) >= 11 is 0. The fraction of sp³-hybridized carbons (Fsp3) is 0.650. The molecule has 0 aliphatic carbocycles. The minimum atomic E-state index is -3.58. The van der Waals surface area contributed by atoms with E-state index in [1.807, 2.05) is 19.9 Å². The summed E-state index contributed by atoms with van der Waals surface area (Å²) in [5, 5.41) is 0. The molecule has 0 saturated carbocycles. The number of carbonyl (C=O) groups excluding carboxylic acids is 1. The molecule has 2 saturated heterocycles. The Morgan fingerprint density at radius 1 is 1.15 bits per heavy atom. The van der Waals surface area contributed by atoms with Crippen LogP contribution in [0.25, 0.3) is 0 Å². The number of piperidine rings is 1. The van der Waals surface area contributed by atoms with Crippen LogP contribution >= 0.6 is 0 Å². The third kappa shape index (κ3) is 3.18. The van der Waals surface area contributed by atoms with Gasteiger partial charge in [-0.3, -0.25) is 4.79 Å². The first-order valence-corrected chi connectivity index (χ1v) is 10.7. The molecule has 2 atom stereocenters. The van der Waals surface area contributed by atoms with Crippen LogP contribution in [-0.2, 0) is 20.2 Å². The summed E-state index contributed by atoms with van der Waals surface area (Å²) in [6.07, 6.45) is 1.30. The van der Waals surface area contributed by atoms with Gasteiger partial charge >= 0.3 is 0 Å². The van der Waals surface area contributed by atoms with Crippen molar-refractivity contribution in [3.8, 4) is 0 Å². The Hall–Kier alpha value is -1.40. The van der Waals surface area contributed by atoms with E-state index >= 15 is 0 Å². The minimum absolute atomic E-state index is 0.00164. The summed E-state index contributed by atoms with van der Waals surface area (Å²) in [6.45, 7) is 11.0. The van der Waals surface area contributed by atoms with Crippen LogP contribution in [0.2, 0.25) is 0 Å². The fourth-order valence-corrected chi connectivity index (χ4v) is 5.86. The van der Waals surface area contributed by atoms with Crippen LogP contribution < -0.4 is 0 Å². The zero-order valence-electron chi connectivity index (χ0n) is 16.7. The van der Waals surface area contributed by atoms with Crippen molar-refractivity contribution in [2.45, 2.75) is 63.8 Å². The first-order valence-electron chi connectivity index (χ1n) is 9.30. The highest BCUT2D eigenvalue weighted by molar-refractivity contribution is 7.89. The van der Waals surface area contributed by atoms with Crippen LogP contribution in [0.5, 0.6) is 0 Å². The molecule has 6 heteroatoms. The smallest absolute Gasteiger partial charge is 0.243 e. The van der Waals surface area contributed by atoms with Gasteiger partial charge in [0, 0.05) is 32.6 Å². The van der Waals surface area contributed by atoms with Crippen LogP contribution in [0.3, 0.4) is 0 Å². The Morgan fingerprint density at radius 3 is 2.42 bits per heavy atom. The summed E-state index contributed by atoms with van der Waals surface area (Å²) in [5.41, 5.74) is 2.73. The van der Waals surface area contributed by atoms with Crippen molar-refractivity contribution in [3.05, 3.63) is 28.8 Å². The van der Waals surface area contributed by atoms with Crippen molar-refractivity contribution in [2.24, 2.45) is 5.92 Å². The maximum Gasteiger partial charge on any atom is 0.243 e. The molecule has 0 bridgehead atoms. The molecule has 1 aromatic rings. The highest BCUT2D eigenvalue weighted by Gasteiger charge is 2.44. The normalized spacial score (nSPS) is 24.8. The molecule has 0 aromatic heterocycles. The molecule has 0 radical (unpaired) electrons. The van der Waals surface area contributed by atoms with E-state index in [1.165, 1.54) is 0 Å². The second-order valence-electron chi connectivity index (χ2n) is 8.85. The molecule has 1 aromatic carbocycles. The van der Waals surface area contributed by atoms with Gasteiger partial charge in [-0.25, -0.2) is 8.42 Å². The number of carbonyl (C=O) groups is 1. The van der Waals surface area contributed by atoms with E-state index in [1.54, 1.807) is 16.3 Å². The summed E-state index contributed by atoms with van der Waals surface area (Å²) < 4.78 is 28.5. The number of nitrogens with zero attached hydrogens (tertiary/aromatic N) is 2. The number of fused-ring (bicyclic) bond motifs is 1. The number of hydrogen-bond acceptors (Lipinski definition) is 3. The lowest BCUT2D eigenvalue weighted by molar-refractivity contribution is -0.127. The van der Waals surface area contributed by atoms with Crippen LogP contribution in [-0.4, -0.2) is 49.7 Å². The molecule has 0 N–H and O–H groups in total. The van der Waals surface area contributed by atoms with E-state index in [0.717, 1.165) is 23.1 Å². The van der Waals surface area contributed by atoms with Crippen LogP contribution in [0.4, 0.5) is 0 Å². The first-order chi connectivity index (χ1) is 11.9. The molecular formula is C20H30N2O3S. The average Bonchev–Trinajstić information content (AvgIpc) is 2.83. The molecule has 3 rings (SSSR count). The number of likely N-dealkylation sites (tertiary alicyclic amines) is 1. The van der Waals surface area contributed by atoms with E-state index in [0.29, 0.717) is 24.4 Å². The van der Waals surface area contributed by atoms with Gasteiger partial charge in [0.05, 0.1) is 4.90 Å². The van der Waals surface area contributed by atoms with Gasteiger partial charge in [0.1, 0.15) is 0 Å². The van der Waals surface area contributed by atoms with Gasteiger partial charge in [-0.05, 0) is 54.4 Å². The van der Waals surface area contributed by atoms with Gasteiger partial charge in [-0.15, -0.1) is 0 Å². The number of aryl methyl sites for hydroxylation is 1. The van der Waals surface area contributed by atoms with Crippen molar-refractivity contribution in [2.75, 3.05) is 20.1 Å². The molecular weight excluding hydrogens is 348 g/mol. The topological polar surface area (TPSA) is 57.7 Å². The summed E-state index contributed by atoms with van der Waals surface area (Å²) in [5.74, 6) is 0.406. The van der Waals surface area contributed by atoms with Crippen molar-refractivity contribution in [1.29, 1.82) is 0 Å². The van der Waals surface area contributed by atoms with Gasteiger partial charge in [-0.2, -0.15) is 4.31 Å². The van der Waals surface area contributed by atoms with Crippen molar-refractivity contribution in [3.63, 3.8) is 0 Å². The Labute approximate surface area is 157 Å². The second kappa shape index (κ2) is 6.34. The number of likely N-dealkylation sites (N-methyl/N-ethyl adjacent to an activating group) is 1. The lowest BCUT2D eigenvalue weighted by atomic mass is 9.85. The number of sulfonamides is 1. The van der Waals surface area contributed by atoms with E-state index in [4.69, 9.17) is 0 Å². The summed E-state index contributed by atoms with van der Waals surface area (Å²) in [6, 6.07) is 3.93. The Kier molecular flexibility index (Phi) is 4.72. The highest BCUT2D eigenvalue weighted by atomic mass is 32.2. The highest BCUT2D eigenvalue weighted by Crippen LogP contribution is 2.35. The minimum Gasteiger partial charge on any atom is -0.341 e. The number of hydrogen-bond donors (Lipinski definition) is 0. The largest absolute Gasteiger partial charge is 0.341 e. The third-order valence-electron chi connectivity index (χ3n) is 6.12. The average molecular weight is 379 g/mol. The lowest BCUT2D eigenvalue weighted by Gasteiger charge is -2.36. The van der Waals surface area contributed by atoms with Crippen molar-refractivity contribution < 1.29 is 13.2 Å². The molecule has 144 valence electrons. The zero-order chi connectivity index (χ0) is 19.4. The quantitative estimate of drug-likeness (QED) is 0.795. The molecule has 2 aliphatic rings. The van der Waals surface area contributed by atoms with Crippen LogP contribution in [0.15, 0.2) is 17.0 Å². The molecule has 2 aliphatic heterocycles. The maximum absolute atomic E-state index is 13.4. The predicted octanol–water partition coefficient (Wildman–Crippen LogP) is 2.84. The van der Waals surface area contributed by atoms with Gasteiger partial charge in [0.2, 0.25) is 15.9 Å². The Bertz CT molecular complexity index is 839. The standard InChI is InChI=1S/C20H30N2O3S/c1-13-9-16(20(3,4)5)11-18(14(13)2)26(24,25)22-8-7-15-10-19(23)21(6)17(15)12-22/h9,11,15,17H,7-8,10,12H2,1-6H3/t15-,17-/m1/s1. The molecule has 26 heavy (non-hydrogen) atoms.